The Bertz CT molecular complexity index is 954. The molecule has 29 heavy (non-hydrogen) atoms. The number of sulfonamides is 1. The van der Waals surface area contributed by atoms with Crippen LogP contribution in [0.15, 0.2) is 23.1 Å². The van der Waals surface area contributed by atoms with E-state index in [4.69, 9.17) is 10.00 Å². The van der Waals surface area contributed by atoms with Crippen LogP contribution >= 0.6 is 0 Å². The van der Waals surface area contributed by atoms with Crippen molar-refractivity contribution in [3.63, 3.8) is 0 Å². The van der Waals surface area contributed by atoms with Crippen LogP contribution in [-0.4, -0.2) is 63.1 Å². The first-order chi connectivity index (χ1) is 13.8. The van der Waals surface area contributed by atoms with Gasteiger partial charge in [0.2, 0.25) is 10.0 Å². The molecule has 1 aromatic carbocycles. The molecule has 0 aromatic heterocycles. The number of piperidine rings is 1. The molecule has 5 rings (SSSR count). The van der Waals surface area contributed by atoms with Crippen LogP contribution in [0.25, 0.3) is 0 Å². The summed E-state index contributed by atoms with van der Waals surface area (Å²) in [5.41, 5.74) is 0.690. The van der Waals surface area contributed by atoms with Crippen molar-refractivity contribution in [3.8, 4) is 6.07 Å². The predicted octanol–water partition coefficient (Wildman–Crippen LogP) is 2.35. The maximum Gasteiger partial charge on any atom is 0.243 e. The van der Waals surface area contributed by atoms with E-state index >= 15 is 0 Å². The first-order valence-corrected chi connectivity index (χ1v) is 11.8. The highest BCUT2D eigenvalue weighted by molar-refractivity contribution is 7.89. The van der Waals surface area contributed by atoms with E-state index in [9.17, 15) is 12.8 Å². The average Bonchev–Trinajstić information content (AvgIpc) is 3.02. The molecule has 3 heterocycles. The molecule has 3 saturated heterocycles. The summed E-state index contributed by atoms with van der Waals surface area (Å²) in [6.07, 6.45) is 5.20. The predicted molar refractivity (Wildman–Crippen MR) is 104 cm³/mol. The molecule has 1 aliphatic carbocycles. The standard InChI is InChI=1S/C21H26FN3O3S/c22-17-7-16(11-23)8-19(9-17)29(26,27)25-5-3-20(4-6-25)2-1-18(10-20)24-12-21(13-24)14-28-15-21/h7-9,18H,1-6,10,12-15H2/t18-/m0/s1. The van der Waals surface area contributed by atoms with Crippen LogP contribution in [0.1, 0.15) is 37.7 Å². The van der Waals surface area contributed by atoms with Crippen LogP contribution in [-0.2, 0) is 14.8 Å². The molecule has 0 amide bonds. The Kier molecular flexibility index (Phi) is 4.52. The molecule has 1 aromatic rings. The maximum absolute atomic E-state index is 13.7. The van der Waals surface area contributed by atoms with E-state index in [0.29, 0.717) is 24.5 Å². The van der Waals surface area contributed by atoms with Crippen LogP contribution in [0.3, 0.4) is 0 Å². The normalized spacial score (nSPS) is 28.8. The second kappa shape index (κ2) is 6.74. The first-order valence-electron chi connectivity index (χ1n) is 10.4. The minimum atomic E-state index is -3.78. The number of halogens is 1. The molecule has 3 aliphatic heterocycles. The Morgan fingerprint density at radius 3 is 2.45 bits per heavy atom. The zero-order valence-corrected chi connectivity index (χ0v) is 17.3. The van der Waals surface area contributed by atoms with E-state index in [1.54, 1.807) is 0 Å². The van der Waals surface area contributed by atoms with Gasteiger partial charge in [-0.3, -0.25) is 4.90 Å². The van der Waals surface area contributed by atoms with Crippen molar-refractivity contribution in [3.05, 3.63) is 29.6 Å². The lowest BCUT2D eigenvalue weighted by Crippen LogP contribution is -2.67. The number of hydrogen-bond donors (Lipinski definition) is 0. The Balaban J connectivity index is 1.22. The SMILES string of the molecule is N#Cc1cc(F)cc(S(=O)(=O)N2CCC3(CC[C@H](N4CC5(COC5)C4)C3)CC2)c1. The van der Waals surface area contributed by atoms with Gasteiger partial charge in [0.15, 0.2) is 0 Å². The summed E-state index contributed by atoms with van der Waals surface area (Å²) in [4.78, 5) is 2.47. The van der Waals surface area contributed by atoms with E-state index in [2.05, 4.69) is 4.90 Å². The Morgan fingerprint density at radius 2 is 1.83 bits per heavy atom. The minimum Gasteiger partial charge on any atom is -0.380 e. The van der Waals surface area contributed by atoms with Gasteiger partial charge in [0.1, 0.15) is 5.82 Å². The number of benzene rings is 1. The molecule has 0 N–H and O–H groups in total. The van der Waals surface area contributed by atoms with Gasteiger partial charge in [0.25, 0.3) is 0 Å². The van der Waals surface area contributed by atoms with E-state index in [1.165, 1.54) is 16.8 Å². The average molecular weight is 420 g/mol. The van der Waals surface area contributed by atoms with E-state index in [1.807, 2.05) is 6.07 Å². The molecule has 0 radical (unpaired) electrons. The van der Waals surface area contributed by atoms with Crippen molar-refractivity contribution in [2.75, 3.05) is 39.4 Å². The zero-order valence-electron chi connectivity index (χ0n) is 16.4. The van der Waals surface area contributed by atoms with Gasteiger partial charge in [0.05, 0.1) is 29.7 Å². The Morgan fingerprint density at radius 1 is 1.10 bits per heavy atom. The van der Waals surface area contributed by atoms with Crippen LogP contribution < -0.4 is 0 Å². The highest BCUT2D eigenvalue weighted by Gasteiger charge is 2.53. The van der Waals surface area contributed by atoms with Crippen molar-refractivity contribution in [2.45, 2.75) is 43.0 Å². The van der Waals surface area contributed by atoms with E-state index in [-0.39, 0.29) is 15.9 Å². The summed E-state index contributed by atoms with van der Waals surface area (Å²) in [5, 5.41) is 9.01. The third-order valence-corrected chi connectivity index (χ3v) is 9.38. The quantitative estimate of drug-likeness (QED) is 0.752. The fraction of sp³-hybridized carbons (Fsp3) is 0.667. The summed E-state index contributed by atoms with van der Waals surface area (Å²) < 4.78 is 46.5. The van der Waals surface area contributed by atoms with Gasteiger partial charge in [-0.15, -0.1) is 0 Å². The van der Waals surface area contributed by atoms with Crippen molar-refractivity contribution in [1.29, 1.82) is 5.26 Å². The second-order valence-electron chi connectivity index (χ2n) is 9.49. The van der Waals surface area contributed by atoms with Gasteiger partial charge in [-0.2, -0.15) is 9.57 Å². The molecule has 0 unspecified atom stereocenters. The Hall–Kier alpha value is -1.53. The number of likely N-dealkylation sites (tertiary alicyclic amines) is 1. The Labute approximate surface area is 171 Å². The van der Waals surface area contributed by atoms with E-state index in [0.717, 1.165) is 64.1 Å². The third kappa shape index (κ3) is 3.28. The fourth-order valence-corrected chi connectivity index (χ4v) is 7.21. The van der Waals surface area contributed by atoms with Crippen LogP contribution in [0.5, 0.6) is 0 Å². The molecule has 8 heteroatoms. The monoisotopic (exact) mass is 419 g/mol. The molecule has 2 spiro atoms. The number of hydrogen-bond acceptors (Lipinski definition) is 5. The number of nitriles is 1. The van der Waals surface area contributed by atoms with Crippen molar-refractivity contribution < 1.29 is 17.5 Å². The van der Waals surface area contributed by atoms with Crippen molar-refractivity contribution >= 4 is 10.0 Å². The summed E-state index contributed by atoms with van der Waals surface area (Å²) in [5.74, 6) is -0.695. The first kappa shape index (κ1) is 19.4. The lowest BCUT2D eigenvalue weighted by atomic mass is 9.75. The summed E-state index contributed by atoms with van der Waals surface area (Å²) in [6, 6.07) is 5.77. The number of ether oxygens (including phenoxy) is 1. The number of rotatable bonds is 3. The minimum absolute atomic E-state index is 0.0277. The number of nitrogens with zero attached hydrogens (tertiary/aromatic N) is 3. The fourth-order valence-electron chi connectivity index (χ4n) is 5.72. The maximum atomic E-state index is 13.7. The molecule has 0 bridgehead atoms. The highest BCUT2D eigenvalue weighted by Crippen LogP contribution is 2.51. The van der Waals surface area contributed by atoms with Gasteiger partial charge in [0, 0.05) is 37.6 Å². The highest BCUT2D eigenvalue weighted by atomic mass is 32.2. The van der Waals surface area contributed by atoms with Crippen LogP contribution in [0.2, 0.25) is 0 Å². The lowest BCUT2D eigenvalue weighted by Gasteiger charge is -2.57. The summed E-state index contributed by atoms with van der Waals surface area (Å²) >= 11 is 0. The van der Waals surface area contributed by atoms with E-state index < -0.39 is 15.8 Å². The second-order valence-corrected chi connectivity index (χ2v) is 11.4. The molecule has 1 atom stereocenters. The van der Waals surface area contributed by atoms with Gasteiger partial charge in [-0.05, 0) is 55.7 Å². The molecular weight excluding hydrogens is 393 g/mol. The van der Waals surface area contributed by atoms with Gasteiger partial charge in [-0.1, -0.05) is 0 Å². The summed E-state index contributed by atoms with van der Waals surface area (Å²) in [6.45, 7) is 5.03. The van der Waals surface area contributed by atoms with Gasteiger partial charge in [-0.25, -0.2) is 12.8 Å². The zero-order chi connectivity index (χ0) is 20.3. The molecule has 1 saturated carbocycles. The van der Waals surface area contributed by atoms with Crippen molar-refractivity contribution in [2.24, 2.45) is 10.8 Å². The van der Waals surface area contributed by atoms with Crippen LogP contribution in [0.4, 0.5) is 4.39 Å². The van der Waals surface area contributed by atoms with Gasteiger partial charge >= 0.3 is 0 Å². The molecular formula is C21H26FN3O3S. The smallest absolute Gasteiger partial charge is 0.243 e. The molecule has 4 aliphatic rings. The molecule has 4 fully saturated rings. The lowest BCUT2D eigenvalue weighted by molar-refractivity contribution is -0.198. The van der Waals surface area contributed by atoms with Gasteiger partial charge < -0.3 is 4.74 Å². The third-order valence-electron chi connectivity index (χ3n) is 7.51. The largest absolute Gasteiger partial charge is 0.380 e. The van der Waals surface area contributed by atoms with Crippen LogP contribution in [0, 0.1) is 28.0 Å². The van der Waals surface area contributed by atoms with Crippen molar-refractivity contribution in [1.82, 2.24) is 9.21 Å². The molecule has 6 nitrogen and oxygen atoms in total. The summed E-state index contributed by atoms with van der Waals surface area (Å²) in [7, 11) is -3.78. The topological polar surface area (TPSA) is 73.6 Å². The molecule has 156 valence electrons.